The van der Waals surface area contributed by atoms with Crippen molar-refractivity contribution < 1.29 is 14.3 Å². The molecule has 0 aliphatic carbocycles. The second-order valence-electron chi connectivity index (χ2n) is 9.65. The average Bonchev–Trinajstić information content (AvgIpc) is 2.99. The molecule has 0 unspecified atom stereocenters. The van der Waals surface area contributed by atoms with E-state index < -0.39 is 0 Å². The van der Waals surface area contributed by atoms with Crippen LogP contribution in [0.1, 0.15) is 49.9 Å². The summed E-state index contributed by atoms with van der Waals surface area (Å²) < 4.78 is 12.3. The number of hydrogen-bond acceptors (Lipinski definition) is 4. The van der Waals surface area contributed by atoms with E-state index in [1.54, 1.807) is 14.1 Å². The van der Waals surface area contributed by atoms with Crippen molar-refractivity contribution >= 4 is 11.6 Å². The van der Waals surface area contributed by atoms with Crippen molar-refractivity contribution in [2.24, 2.45) is 4.99 Å². The molecule has 5 heteroatoms. The van der Waals surface area contributed by atoms with Crippen LogP contribution >= 0.6 is 0 Å². The Morgan fingerprint density at radius 3 is 2.50 bits per heavy atom. The molecule has 0 bridgehead atoms. The minimum atomic E-state index is -0.337. The number of aliphatic imine (C=N–C) groups is 1. The molecule has 0 N–H and O–H groups in total. The van der Waals surface area contributed by atoms with Crippen molar-refractivity contribution in [2.45, 2.75) is 51.7 Å². The fraction of sp³-hybridized carbons (Fsp3) is 0.440. The molecule has 0 aromatic heterocycles. The SMILES string of the molecule is CN(C)C(=O)COc1cc2c(c3c1OC(C)(C)C3)C(c1ccccc1)=NC(C)(C)C2. The van der Waals surface area contributed by atoms with Gasteiger partial charge in [-0.25, -0.2) is 0 Å². The summed E-state index contributed by atoms with van der Waals surface area (Å²) in [5.41, 5.74) is 5.04. The summed E-state index contributed by atoms with van der Waals surface area (Å²) in [5.74, 6) is 1.31. The van der Waals surface area contributed by atoms with E-state index in [2.05, 4.69) is 45.9 Å². The number of ether oxygens (including phenoxy) is 2. The molecule has 1 amide bonds. The van der Waals surface area contributed by atoms with Gasteiger partial charge in [0.1, 0.15) is 5.60 Å². The van der Waals surface area contributed by atoms with Gasteiger partial charge in [0.05, 0.1) is 11.3 Å². The first kappa shape index (κ1) is 20.5. The third-order valence-corrected chi connectivity index (χ3v) is 5.58. The van der Waals surface area contributed by atoms with Gasteiger partial charge in [-0.05, 0) is 45.7 Å². The minimum Gasteiger partial charge on any atom is -0.483 e. The Kier molecular flexibility index (Phi) is 4.88. The fourth-order valence-corrected chi connectivity index (χ4v) is 4.25. The Morgan fingerprint density at radius 1 is 1.13 bits per heavy atom. The summed E-state index contributed by atoms with van der Waals surface area (Å²) in [5, 5.41) is 0. The number of carbonyl (C=O) groups is 1. The molecule has 0 radical (unpaired) electrons. The molecular weight excluding hydrogens is 376 g/mol. The van der Waals surface area contributed by atoms with Crippen LogP contribution < -0.4 is 9.47 Å². The Labute approximate surface area is 178 Å². The third-order valence-electron chi connectivity index (χ3n) is 5.58. The van der Waals surface area contributed by atoms with Gasteiger partial charge >= 0.3 is 0 Å². The first-order valence-electron chi connectivity index (χ1n) is 10.4. The third kappa shape index (κ3) is 3.81. The lowest BCUT2D eigenvalue weighted by Gasteiger charge is -2.31. The van der Waals surface area contributed by atoms with E-state index in [0.717, 1.165) is 41.0 Å². The van der Waals surface area contributed by atoms with Gasteiger partial charge in [0.15, 0.2) is 18.1 Å². The zero-order chi connectivity index (χ0) is 21.7. The van der Waals surface area contributed by atoms with Crippen LogP contribution in [0.2, 0.25) is 0 Å². The molecule has 0 saturated carbocycles. The van der Waals surface area contributed by atoms with Crippen LogP contribution in [-0.4, -0.2) is 48.4 Å². The smallest absolute Gasteiger partial charge is 0.259 e. The zero-order valence-corrected chi connectivity index (χ0v) is 18.7. The van der Waals surface area contributed by atoms with Crippen molar-refractivity contribution in [3.63, 3.8) is 0 Å². The summed E-state index contributed by atoms with van der Waals surface area (Å²) in [6, 6.07) is 12.4. The van der Waals surface area contributed by atoms with Crippen molar-refractivity contribution in [1.29, 1.82) is 0 Å². The molecule has 0 atom stereocenters. The predicted octanol–water partition coefficient (Wildman–Crippen LogP) is 4.04. The van der Waals surface area contributed by atoms with E-state index in [9.17, 15) is 4.79 Å². The van der Waals surface area contributed by atoms with Crippen LogP contribution in [0.25, 0.3) is 0 Å². The molecule has 2 aliphatic rings. The minimum absolute atomic E-state index is 0.00889. The number of rotatable bonds is 4. The topological polar surface area (TPSA) is 51.1 Å². The molecule has 2 heterocycles. The van der Waals surface area contributed by atoms with Crippen LogP contribution in [0.5, 0.6) is 11.5 Å². The second kappa shape index (κ2) is 7.15. The van der Waals surface area contributed by atoms with Gasteiger partial charge in [0.2, 0.25) is 0 Å². The summed E-state index contributed by atoms with van der Waals surface area (Å²) in [4.78, 5) is 18.8. The number of carbonyl (C=O) groups excluding carboxylic acids is 1. The highest BCUT2D eigenvalue weighted by Crippen LogP contribution is 2.48. The standard InChI is InChI=1S/C25H30N2O3/c1-24(2)13-17-12-19(29-15-20(28)27(5)6)23-18(14-25(3,4)30-23)21(17)22(26-24)16-10-8-7-9-11-16/h7-12H,13-15H2,1-6H3. The van der Waals surface area contributed by atoms with E-state index in [4.69, 9.17) is 14.5 Å². The number of amides is 1. The van der Waals surface area contributed by atoms with Crippen LogP contribution in [0.4, 0.5) is 0 Å². The maximum atomic E-state index is 12.1. The summed E-state index contributed by atoms with van der Waals surface area (Å²) in [6.07, 6.45) is 1.58. The predicted molar refractivity (Wildman–Crippen MR) is 119 cm³/mol. The quantitative estimate of drug-likeness (QED) is 0.770. The molecule has 0 saturated heterocycles. The molecule has 158 valence electrons. The maximum Gasteiger partial charge on any atom is 0.259 e. The molecule has 2 aliphatic heterocycles. The number of fused-ring (bicyclic) bond motifs is 3. The first-order valence-corrected chi connectivity index (χ1v) is 10.4. The van der Waals surface area contributed by atoms with Gasteiger partial charge in [0, 0.05) is 37.2 Å². The van der Waals surface area contributed by atoms with E-state index in [1.807, 2.05) is 18.2 Å². The van der Waals surface area contributed by atoms with Crippen LogP contribution in [0.15, 0.2) is 41.4 Å². The molecule has 30 heavy (non-hydrogen) atoms. The van der Waals surface area contributed by atoms with Crippen molar-refractivity contribution in [3.8, 4) is 11.5 Å². The van der Waals surface area contributed by atoms with Gasteiger partial charge < -0.3 is 14.4 Å². The highest BCUT2D eigenvalue weighted by molar-refractivity contribution is 6.16. The molecule has 0 fully saturated rings. The highest BCUT2D eigenvalue weighted by Gasteiger charge is 2.39. The summed E-state index contributed by atoms with van der Waals surface area (Å²) in [7, 11) is 3.46. The number of likely N-dealkylation sites (N-methyl/N-ethyl adjacent to an activating group) is 1. The van der Waals surface area contributed by atoms with Crippen LogP contribution in [0.3, 0.4) is 0 Å². The monoisotopic (exact) mass is 406 g/mol. The average molecular weight is 407 g/mol. The normalized spacial score (nSPS) is 18.0. The van der Waals surface area contributed by atoms with Crippen molar-refractivity contribution in [2.75, 3.05) is 20.7 Å². The largest absolute Gasteiger partial charge is 0.483 e. The Bertz CT molecular complexity index is 1020. The molecule has 5 nitrogen and oxygen atoms in total. The van der Waals surface area contributed by atoms with Crippen molar-refractivity contribution in [1.82, 2.24) is 4.90 Å². The molecule has 0 spiro atoms. The van der Waals surface area contributed by atoms with Gasteiger partial charge in [-0.15, -0.1) is 0 Å². The van der Waals surface area contributed by atoms with Crippen LogP contribution in [0, 0.1) is 0 Å². The lowest BCUT2D eigenvalue weighted by Crippen LogP contribution is -2.31. The number of benzene rings is 2. The lowest BCUT2D eigenvalue weighted by atomic mass is 9.81. The van der Waals surface area contributed by atoms with Crippen molar-refractivity contribution in [3.05, 3.63) is 58.7 Å². The maximum absolute atomic E-state index is 12.1. The molecular formula is C25H30N2O3. The van der Waals surface area contributed by atoms with E-state index in [-0.39, 0.29) is 23.7 Å². The fourth-order valence-electron chi connectivity index (χ4n) is 4.25. The van der Waals surface area contributed by atoms with Gasteiger partial charge in [-0.1, -0.05) is 30.3 Å². The van der Waals surface area contributed by atoms with Gasteiger partial charge in [0.25, 0.3) is 5.91 Å². The van der Waals surface area contributed by atoms with E-state index in [1.165, 1.54) is 10.5 Å². The Morgan fingerprint density at radius 2 is 1.83 bits per heavy atom. The number of hydrogen-bond donors (Lipinski definition) is 0. The Balaban J connectivity index is 1.86. The number of nitrogens with zero attached hydrogens (tertiary/aromatic N) is 2. The summed E-state index contributed by atoms with van der Waals surface area (Å²) >= 11 is 0. The second-order valence-corrected chi connectivity index (χ2v) is 9.65. The lowest BCUT2D eigenvalue weighted by molar-refractivity contribution is -0.130. The van der Waals surface area contributed by atoms with Gasteiger partial charge in [-0.3, -0.25) is 9.79 Å². The van der Waals surface area contributed by atoms with E-state index >= 15 is 0 Å². The zero-order valence-electron chi connectivity index (χ0n) is 18.7. The van der Waals surface area contributed by atoms with E-state index in [0.29, 0.717) is 5.75 Å². The van der Waals surface area contributed by atoms with Gasteiger partial charge in [-0.2, -0.15) is 0 Å². The molecule has 2 aromatic carbocycles. The highest BCUT2D eigenvalue weighted by atomic mass is 16.5. The molecule has 2 aromatic rings. The molecule has 4 rings (SSSR count). The first-order chi connectivity index (χ1) is 14.1. The Hall–Kier alpha value is -2.82. The summed E-state index contributed by atoms with van der Waals surface area (Å²) in [6.45, 7) is 8.47. The van der Waals surface area contributed by atoms with Crippen LogP contribution in [-0.2, 0) is 17.6 Å².